The van der Waals surface area contributed by atoms with Gasteiger partial charge in [-0.05, 0) is 30.0 Å². The molecule has 0 aliphatic rings. The van der Waals surface area contributed by atoms with E-state index in [2.05, 4.69) is 11.1 Å². The lowest BCUT2D eigenvalue weighted by atomic mass is 10.0. The predicted molar refractivity (Wildman–Crippen MR) is 56.2 cm³/mol. The summed E-state index contributed by atoms with van der Waals surface area (Å²) in [5.41, 5.74) is 1.63. The molecule has 0 spiro atoms. The Bertz CT molecular complexity index is 541. The lowest BCUT2D eigenvalue weighted by Crippen LogP contribution is -1.86. The summed E-state index contributed by atoms with van der Waals surface area (Å²) in [6.07, 6.45) is 1.70. The van der Waals surface area contributed by atoms with Crippen LogP contribution in [0.2, 0.25) is 5.15 Å². The number of halogens is 1. The van der Waals surface area contributed by atoms with Gasteiger partial charge in [0.25, 0.3) is 0 Å². The molecule has 0 amide bonds. The van der Waals surface area contributed by atoms with Crippen LogP contribution < -0.4 is 0 Å². The maximum absolute atomic E-state index is 8.84. The second kappa shape index (κ2) is 3.28. The van der Waals surface area contributed by atoms with Crippen molar-refractivity contribution < 1.29 is 0 Å². The summed E-state index contributed by atoms with van der Waals surface area (Å²) in [4.78, 5) is 4.00. The van der Waals surface area contributed by atoms with Crippen molar-refractivity contribution in [3.8, 4) is 6.07 Å². The lowest BCUT2D eigenvalue weighted by molar-refractivity contribution is 1.34. The van der Waals surface area contributed by atoms with Gasteiger partial charge in [-0.1, -0.05) is 17.7 Å². The second-order valence-corrected chi connectivity index (χ2v) is 3.47. The first kappa shape index (κ1) is 8.98. The van der Waals surface area contributed by atoms with E-state index in [-0.39, 0.29) is 0 Å². The minimum Gasteiger partial charge on any atom is -0.244 e. The van der Waals surface area contributed by atoms with Crippen molar-refractivity contribution in [3.63, 3.8) is 0 Å². The molecule has 68 valence electrons. The van der Waals surface area contributed by atoms with Crippen molar-refractivity contribution in [2.75, 3.05) is 0 Å². The van der Waals surface area contributed by atoms with Crippen LogP contribution in [0.5, 0.6) is 0 Å². The number of aryl methyl sites for hydroxylation is 1. The van der Waals surface area contributed by atoms with Gasteiger partial charge in [-0.3, -0.25) is 0 Å². The van der Waals surface area contributed by atoms with Gasteiger partial charge in [0.2, 0.25) is 0 Å². The standard InChI is InChI=1S/C11H7ClN2/c1-7-9(5-13)3-2-8-4-11(12)14-6-10(7)8/h2-4,6H,1H3. The first-order chi connectivity index (χ1) is 6.72. The van der Waals surface area contributed by atoms with E-state index in [9.17, 15) is 0 Å². The van der Waals surface area contributed by atoms with Crippen molar-refractivity contribution in [2.45, 2.75) is 6.92 Å². The molecule has 1 aromatic heterocycles. The van der Waals surface area contributed by atoms with Crippen molar-refractivity contribution >= 4 is 22.4 Å². The van der Waals surface area contributed by atoms with E-state index in [4.69, 9.17) is 16.9 Å². The van der Waals surface area contributed by atoms with Gasteiger partial charge in [0, 0.05) is 11.6 Å². The van der Waals surface area contributed by atoms with E-state index >= 15 is 0 Å². The summed E-state index contributed by atoms with van der Waals surface area (Å²) in [6, 6.07) is 7.62. The van der Waals surface area contributed by atoms with Crippen LogP contribution in [-0.4, -0.2) is 4.98 Å². The smallest absolute Gasteiger partial charge is 0.129 e. The zero-order valence-corrected chi connectivity index (χ0v) is 8.34. The largest absolute Gasteiger partial charge is 0.244 e. The van der Waals surface area contributed by atoms with E-state index in [0.29, 0.717) is 10.7 Å². The Hall–Kier alpha value is -1.59. The number of aromatic nitrogens is 1. The van der Waals surface area contributed by atoms with E-state index in [1.807, 2.05) is 13.0 Å². The highest BCUT2D eigenvalue weighted by Gasteiger charge is 2.03. The van der Waals surface area contributed by atoms with E-state index < -0.39 is 0 Å². The molecule has 0 atom stereocenters. The van der Waals surface area contributed by atoms with Crippen molar-refractivity contribution in [3.05, 3.63) is 40.7 Å². The molecule has 2 nitrogen and oxygen atoms in total. The first-order valence-electron chi connectivity index (χ1n) is 4.17. The summed E-state index contributed by atoms with van der Waals surface area (Å²) in [5, 5.41) is 11.3. The van der Waals surface area contributed by atoms with Gasteiger partial charge in [-0.25, -0.2) is 4.98 Å². The van der Waals surface area contributed by atoms with Crippen LogP contribution in [0, 0.1) is 18.3 Å². The van der Waals surface area contributed by atoms with Gasteiger partial charge in [0.1, 0.15) is 5.15 Å². The Morgan fingerprint density at radius 2 is 2.21 bits per heavy atom. The second-order valence-electron chi connectivity index (χ2n) is 3.08. The molecule has 3 heteroatoms. The number of hydrogen-bond acceptors (Lipinski definition) is 2. The van der Waals surface area contributed by atoms with Gasteiger partial charge in [0.05, 0.1) is 11.6 Å². The molecule has 14 heavy (non-hydrogen) atoms. The Balaban J connectivity index is 2.85. The Labute approximate surface area is 86.8 Å². The van der Waals surface area contributed by atoms with Crippen LogP contribution >= 0.6 is 11.6 Å². The monoisotopic (exact) mass is 202 g/mol. The van der Waals surface area contributed by atoms with Gasteiger partial charge in [0.15, 0.2) is 0 Å². The van der Waals surface area contributed by atoms with Gasteiger partial charge < -0.3 is 0 Å². The number of fused-ring (bicyclic) bond motifs is 1. The van der Waals surface area contributed by atoms with Crippen molar-refractivity contribution in [2.24, 2.45) is 0 Å². The molecule has 0 saturated carbocycles. The summed E-state index contributed by atoms with van der Waals surface area (Å²) in [6.45, 7) is 1.91. The van der Waals surface area contributed by atoms with E-state index in [0.717, 1.165) is 16.3 Å². The third kappa shape index (κ3) is 1.32. The molecule has 2 aromatic rings. The molecule has 0 aliphatic carbocycles. The van der Waals surface area contributed by atoms with Crippen LogP contribution in [0.15, 0.2) is 24.4 Å². The van der Waals surface area contributed by atoms with Gasteiger partial charge in [-0.15, -0.1) is 0 Å². The van der Waals surface area contributed by atoms with Crippen LogP contribution in [0.4, 0.5) is 0 Å². The zero-order chi connectivity index (χ0) is 10.1. The first-order valence-corrected chi connectivity index (χ1v) is 4.55. The summed E-state index contributed by atoms with van der Waals surface area (Å²) in [7, 11) is 0. The zero-order valence-electron chi connectivity index (χ0n) is 7.58. The third-order valence-corrected chi connectivity index (χ3v) is 2.47. The topological polar surface area (TPSA) is 36.7 Å². The van der Waals surface area contributed by atoms with E-state index in [1.54, 1.807) is 18.3 Å². The minimum atomic E-state index is 0.474. The molecule has 0 fully saturated rings. The predicted octanol–water partition coefficient (Wildman–Crippen LogP) is 3.07. The maximum Gasteiger partial charge on any atom is 0.129 e. The average Bonchev–Trinajstić information content (AvgIpc) is 2.18. The van der Waals surface area contributed by atoms with Crippen LogP contribution in [0.3, 0.4) is 0 Å². The fraction of sp³-hybridized carbons (Fsp3) is 0.0909. The van der Waals surface area contributed by atoms with Crippen molar-refractivity contribution in [1.29, 1.82) is 5.26 Å². The highest BCUT2D eigenvalue weighted by Crippen LogP contribution is 2.22. The molecule has 0 radical (unpaired) electrons. The quantitative estimate of drug-likeness (QED) is 0.616. The highest BCUT2D eigenvalue weighted by molar-refractivity contribution is 6.30. The molecule has 2 rings (SSSR count). The molecule has 1 aromatic carbocycles. The Morgan fingerprint density at radius 3 is 2.93 bits per heavy atom. The summed E-state index contributed by atoms with van der Waals surface area (Å²) >= 11 is 5.77. The highest BCUT2D eigenvalue weighted by atomic mass is 35.5. The van der Waals surface area contributed by atoms with Crippen LogP contribution in [0.1, 0.15) is 11.1 Å². The number of pyridine rings is 1. The molecular formula is C11H7ClN2. The molecule has 0 bridgehead atoms. The summed E-state index contributed by atoms with van der Waals surface area (Å²) < 4.78 is 0. The van der Waals surface area contributed by atoms with E-state index in [1.165, 1.54) is 0 Å². The molecule has 1 heterocycles. The maximum atomic E-state index is 8.84. The number of nitriles is 1. The number of rotatable bonds is 0. The number of nitrogens with zero attached hydrogens (tertiary/aromatic N) is 2. The van der Waals surface area contributed by atoms with Gasteiger partial charge >= 0.3 is 0 Å². The van der Waals surface area contributed by atoms with Crippen LogP contribution in [-0.2, 0) is 0 Å². The van der Waals surface area contributed by atoms with Crippen LogP contribution in [0.25, 0.3) is 10.8 Å². The van der Waals surface area contributed by atoms with Crippen molar-refractivity contribution in [1.82, 2.24) is 4.98 Å². The molecular weight excluding hydrogens is 196 g/mol. The summed E-state index contributed by atoms with van der Waals surface area (Å²) in [5.74, 6) is 0. The Kier molecular flexibility index (Phi) is 2.11. The Morgan fingerprint density at radius 1 is 1.43 bits per heavy atom. The lowest BCUT2D eigenvalue weighted by Gasteiger charge is -2.03. The third-order valence-electron chi connectivity index (χ3n) is 2.26. The molecule has 0 aliphatic heterocycles. The number of hydrogen-bond donors (Lipinski definition) is 0. The fourth-order valence-corrected chi connectivity index (χ4v) is 1.63. The van der Waals surface area contributed by atoms with Gasteiger partial charge in [-0.2, -0.15) is 5.26 Å². The SMILES string of the molecule is Cc1c(C#N)ccc2cc(Cl)ncc12. The molecule has 0 N–H and O–H groups in total. The average molecular weight is 203 g/mol. The minimum absolute atomic E-state index is 0.474. The normalized spacial score (nSPS) is 10.1. The molecule has 0 unspecified atom stereocenters. The number of benzene rings is 1. The molecule has 0 saturated heterocycles. The fourth-order valence-electron chi connectivity index (χ4n) is 1.46.